The molecule has 1 heterocycles. The van der Waals surface area contributed by atoms with Crippen LogP contribution in [0, 0.1) is 0 Å². The highest BCUT2D eigenvalue weighted by Gasteiger charge is 2.17. The molecule has 1 aromatic heterocycles. The Morgan fingerprint density at radius 3 is 2.71 bits per heavy atom. The second kappa shape index (κ2) is 4.07. The summed E-state index contributed by atoms with van der Waals surface area (Å²) in [6.45, 7) is 6.19. The van der Waals surface area contributed by atoms with Crippen LogP contribution in [0.2, 0.25) is 0 Å². The Morgan fingerprint density at radius 1 is 1.41 bits per heavy atom. The molecule has 0 saturated heterocycles. The third-order valence-corrected chi connectivity index (χ3v) is 2.97. The highest BCUT2D eigenvalue weighted by molar-refractivity contribution is 8.00. The number of aromatic carboxylic acids is 1. The van der Waals surface area contributed by atoms with E-state index in [-0.39, 0.29) is 10.3 Å². The topological polar surface area (TPSA) is 63.3 Å². The predicted octanol–water partition coefficient (Wildman–Crippen LogP) is 3.42. The highest BCUT2D eigenvalue weighted by Crippen LogP contribution is 2.33. The van der Waals surface area contributed by atoms with Crippen LogP contribution in [0.5, 0.6) is 0 Å². The largest absolute Gasteiger partial charge is 0.478 e. The van der Waals surface area contributed by atoms with Gasteiger partial charge in [0.1, 0.15) is 5.52 Å². The van der Waals surface area contributed by atoms with Crippen molar-refractivity contribution in [1.82, 2.24) is 4.98 Å². The molecular weight excluding hydrogens is 238 g/mol. The number of benzene rings is 1. The molecule has 0 aliphatic rings. The molecule has 0 radical (unpaired) electrons. The fraction of sp³-hybridized carbons (Fsp3) is 0.333. The van der Waals surface area contributed by atoms with Crippen LogP contribution < -0.4 is 0 Å². The van der Waals surface area contributed by atoms with E-state index >= 15 is 0 Å². The lowest BCUT2D eigenvalue weighted by molar-refractivity contribution is 0.0697. The second-order valence-electron chi connectivity index (χ2n) is 4.68. The molecule has 4 nitrogen and oxygen atoms in total. The summed E-state index contributed by atoms with van der Waals surface area (Å²) in [5.41, 5.74) is 1.40. The summed E-state index contributed by atoms with van der Waals surface area (Å²) in [6.07, 6.45) is 0. The Hall–Kier alpha value is -1.49. The lowest BCUT2D eigenvalue weighted by Gasteiger charge is -2.13. The van der Waals surface area contributed by atoms with Crippen molar-refractivity contribution in [2.24, 2.45) is 0 Å². The molecule has 5 heteroatoms. The van der Waals surface area contributed by atoms with Gasteiger partial charge in [-0.25, -0.2) is 9.78 Å². The van der Waals surface area contributed by atoms with Crippen molar-refractivity contribution < 1.29 is 14.3 Å². The van der Waals surface area contributed by atoms with Crippen LogP contribution in [0.25, 0.3) is 11.1 Å². The molecule has 0 aliphatic carbocycles. The number of hydrogen-bond donors (Lipinski definition) is 1. The maximum Gasteiger partial charge on any atom is 0.335 e. The van der Waals surface area contributed by atoms with Crippen molar-refractivity contribution in [3.8, 4) is 0 Å². The van der Waals surface area contributed by atoms with Crippen molar-refractivity contribution in [3.05, 3.63) is 23.8 Å². The molecule has 17 heavy (non-hydrogen) atoms. The quantitative estimate of drug-likeness (QED) is 0.828. The minimum Gasteiger partial charge on any atom is -0.478 e. The van der Waals surface area contributed by atoms with Crippen LogP contribution in [0.1, 0.15) is 31.1 Å². The number of thioether (sulfide) groups is 1. The van der Waals surface area contributed by atoms with Gasteiger partial charge in [-0.2, -0.15) is 0 Å². The van der Waals surface area contributed by atoms with E-state index in [2.05, 4.69) is 25.8 Å². The Bertz CT molecular complexity index is 569. The Labute approximate surface area is 103 Å². The van der Waals surface area contributed by atoms with E-state index in [0.717, 1.165) is 0 Å². The average molecular weight is 251 g/mol. The molecule has 0 atom stereocenters. The number of rotatable bonds is 2. The Morgan fingerprint density at radius 2 is 2.12 bits per heavy atom. The van der Waals surface area contributed by atoms with E-state index in [1.165, 1.54) is 23.9 Å². The zero-order valence-corrected chi connectivity index (χ0v) is 10.7. The summed E-state index contributed by atoms with van der Waals surface area (Å²) < 4.78 is 5.53. The number of carbonyl (C=O) groups is 1. The third kappa shape index (κ3) is 2.79. The minimum absolute atomic E-state index is 0.0104. The first-order chi connectivity index (χ1) is 7.85. The molecule has 2 aromatic rings. The van der Waals surface area contributed by atoms with Crippen LogP contribution in [-0.2, 0) is 0 Å². The molecule has 0 spiro atoms. The number of nitrogens with zero attached hydrogens (tertiary/aromatic N) is 1. The first kappa shape index (κ1) is 12.0. The average Bonchev–Trinajstić information content (AvgIpc) is 2.54. The van der Waals surface area contributed by atoms with Gasteiger partial charge in [0.15, 0.2) is 5.58 Å². The highest BCUT2D eigenvalue weighted by atomic mass is 32.2. The summed E-state index contributed by atoms with van der Waals surface area (Å²) in [4.78, 5) is 15.1. The molecule has 1 aromatic carbocycles. The molecule has 0 saturated carbocycles. The number of oxazole rings is 1. The van der Waals surface area contributed by atoms with E-state index in [9.17, 15) is 4.79 Å². The minimum atomic E-state index is -0.965. The van der Waals surface area contributed by atoms with Gasteiger partial charge in [0, 0.05) is 4.75 Å². The molecule has 90 valence electrons. The summed E-state index contributed by atoms with van der Waals surface area (Å²) in [5.74, 6) is -0.965. The van der Waals surface area contributed by atoms with Crippen molar-refractivity contribution in [2.45, 2.75) is 30.7 Å². The molecule has 0 fully saturated rings. The lowest BCUT2D eigenvalue weighted by atomic mass is 10.2. The number of hydrogen-bond acceptors (Lipinski definition) is 4. The van der Waals surface area contributed by atoms with Crippen LogP contribution in [0.4, 0.5) is 0 Å². The van der Waals surface area contributed by atoms with Crippen LogP contribution in [-0.4, -0.2) is 20.8 Å². The Balaban J connectivity index is 2.40. The second-order valence-corrected chi connectivity index (χ2v) is 6.46. The van der Waals surface area contributed by atoms with Gasteiger partial charge >= 0.3 is 5.97 Å². The molecule has 0 bridgehead atoms. The van der Waals surface area contributed by atoms with Crippen molar-refractivity contribution in [1.29, 1.82) is 0 Å². The molecular formula is C12H13NO3S. The first-order valence-electron chi connectivity index (χ1n) is 5.18. The monoisotopic (exact) mass is 251 g/mol. The van der Waals surface area contributed by atoms with Gasteiger partial charge in [-0.05, 0) is 18.2 Å². The first-order valence-corrected chi connectivity index (χ1v) is 6.00. The summed E-state index contributed by atoms with van der Waals surface area (Å²) in [7, 11) is 0. The fourth-order valence-electron chi connectivity index (χ4n) is 1.34. The number of fused-ring (bicyclic) bond motifs is 1. The van der Waals surface area contributed by atoms with Crippen LogP contribution in [0.15, 0.2) is 27.8 Å². The van der Waals surface area contributed by atoms with Crippen molar-refractivity contribution >= 4 is 28.8 Å². The molecule has 0 aliphatic heterocycles. The van der Waals surface area contributed by atoms with Crippen LogP contribution >= 0.6 is 11.8 Å². The van der Waals surface area contributed by atoms with E-state index in [4.69, 9.17) is 9.52 Å². The van der Waals surface area contributed by atoms with Crippen molar-refractivity contribution in [3.63, 3.8) is 0 Å². The standard InChI is InChI=1S/C12H13NO3S/c1-12(2,3)17-11-13-8-5-4-7(10(14)15)6-9(8)16-11/h4-6H,1-3H3,(H,14,15). The third-order valence-electron chi connectivity index (χ3n) is 2.01. The molecule has 2 rings (SSSR count). The van der Waals surface area contributed by atoms with Gasteiger partial charge in [0.05, 0.1) is 5.56 Å². The van der Waals surface area contributed by atoms with Gasteiger partial charge in [-0.1, -0.05) is 32.5 Å². The lowest BCUT2D eigenvalue weighted by Crippen LogP contribution is -2.06. The number of carboxylic acids is 1. The Kier molecular flexibility index (Phi) is 2.87. The number of carboxylic acid groups (broad SMARTS) is 1. The van der Waals surface area contributed by atoms with Gasteiger partial charge in [0.25, 0.3) is 5.22 Å². The van der Waals surface area contributed by atoms with Gasteiger partial charge in [-0.15, -0.1) is 0 Å². The zero-order chi connectivity index (χ0) is 12.6. The van der Waals surface area contributed by atoms with Gasteiger partial charge in [0.2, 0.25) is 0 Å². The van der Waals surface area contributed by atoms with E-state index in [1.807, 2.05) is 0 Å². The smallest absolute Gasteiger partial charge is 0.335 e. The summed E-state index contributed by atoms with van der Waals surface area (Å²) in [6, 6.07) is 4.69. The summed E-state index contributed by atoms with van der Waals surface area (Å²) in [5, 5.41) is 9.44. The van der Waals surface area contributed by atoms with Gasteiger partial charge < -0.3 is 9.52 Å². The molecule has 0 amide bonds. The van der Waals surface area contributed by atoms with E-state index in [1.54, 1.807) is 6.07 Å². The SMILES string of the molecule is CC(C)(C)Sc1nc2ccc(C(=O)O)cc2o1. The summed E-state index contributed by atoms with van der Waals surface area (Å²) >= 11 is 1.52. The normalized spacial score (nSPS) is 11.9. The maximum atomic E-state index is 10.8. The van der Waals surface area contributed by atoms with E-state index < -0.39 is 5.97 Å². The van der Waals surface area contributed by atoms with Crippen molar-refractivity contribution in [2.75, 3.05) is 0 Å². The predicted molar refractivity (Wildman–Crippen MR) is 66.6 cm³/mol. The number of aromatic nitrogens is 1. The maximum absolute atomic E-state index is 10.8. The fourth-order valence-corrected chi connectivity index (χ4v) is 2.14. The van der Waals surface area contributed by atoms with Crippen LogP contribution in [0.3, 0.4) is 0 Å². The van der Waals surface area contributed by atoms with E-state index in [0.29, 0.717) is 16.3 Å². The molecule has 1 N–H and O–H groups in total. The van der Waals surface area contributed by atoms with Gasteiger partial charge in [-0.3, -0.25) is 0 Å². The molecule has 0 unspecified atom stereocenters. The zero-order valence-electron chi connectivity index (χ0n) is 9.85.